The molecule has 1 amide bonds. The van der Waals surface area contributed by atoms with Gasteiger partial charge in [-0.15, -0.1) is 0 Å². The van der Waals surface area contributed by atoms with Crippen molar-refractivity contribution in [2.24, 2.45) is 0 Å². The third kappa shape index (κ3) is 7.02. The van der Waals surface area contributed by atoms with Crippen molar-refractivity contribution in [2.75, 3.05) is 33.3 Å². The zero-order valence-electron chi connectivity index (χ0n) is 21.8. The molecule has 0 saturated carbocycles. The highest BCUT2D eigenvalue weighted by atomic mass is 16.5. The molecule has 1 aliphatic rings. The predicted molar refractivity (Wildman–Crippen MR) is 149 cm³/mol. The lowest BCUT2D eigenvalue weighted by atomic mass is 10.0. The lowest BCUT2D eigenvalue weighted by Gasteiger charge is -2.27. The van der Waals surface area contributed by atoms with Crippen molar-refractivity contribution in [1.29, 1.82) is 0 Å². The highest BCUT2D eigenvalue weighted by molar-refractivity contribution is 5.94. The number of nitrogens with one attached hydrogen (secondary N) is 1. The van der Waals surface area contributed by atoms with Gasteiger partial charge in [-0.25, -0.2) is 0 Å². The number of pyridine rings is 2. The van der Waals surface area contributed by atoms with Gasteiger partial charge in [0.05, 0.1) is 7.11 Å². The minimum absolute atomic E-state index is 0.119. The highest BCUT2D eigenvalue weighted by Crippen LogP contribution is 2.23. The largest absolute Gasteiger partial charge is 0.497 e. The third-order valence-electron chi connectivity index (χ3n) is 6.35. The number of piperazine rings is 1. The average Bonchev–Trinajstić information content (AvgIpc) is 2.98. The number of ether oxygens (including phenoxy) is 1. The van der Waals surface area contributed by atoms with Gasteiger partial charge in [0.1, 0.15) is 5.75 Å². The van der Waals surface area contributed by atoms with Crippen molar-refractivity contribution in [3.8, 4) is 28.0 Å². The number of aryl methyl sites for hydroxylation is 2. The maximum atomic E-state index is 12.4. The first-order valence-electron chi connectivity index (χ1n) is 12.7. The van der Waals surface area contributed by atoms with Crippen molar-refractivity contribution in [1.82, 2.24) is 20.2 Å². The third-order valence-corrected chi connectivity index (χ3v) is 6.35. The SMILES string of the molecule is CCc1cncc(-c2ccc(C(=O)N3CCNCC3)cc2)c1.COc1cccc(-c2cncc(C)c2)c1. The lowest BCUT2D eigenvalue weighted by Crippen LogP contribution is -2.46. The van der Waals surface area contributed by atoms with Gasteiger partial charge in [-0.1, -0.05) is 31.2 Å². The van der Waals surface area contributed by atoms with Crippen molar-refractivity contribution < 1.29 is 9.53 Å². The van der Waals surface area contributed by atoms with Crippen molar-refractivity contribution >= 4 is 5.91 Å². The van der Waals surface area contributed by atoms with E-state index in [0.717, 1.165) is 71.7 Å². The summed E-state index contributed by atoms with van der Waals surface area (Å²) in [5.41, 5.74) is 7.58. The van der Waals surface area contributed by atoms with Crippen LogP contribution in [0.2, 0.25) is 0 Å². The Morgan fingerprint density at radius 1 is 0.865 bits per heavy atom. The van der Waals surface area contributed by atoms with Crippen molar-refractivity contribution in [3.63, 3.8) is 0 Å². The predicted octanol–water partition coefficient (Wildman–Crippen LogP) is 5.42. The summed E-state index contributed by atoms with van der Waals surface area (Å²) in [5.74, 6) is 0.988. The Bertz CT molecular complexity index is 1310. The number of carbonyl (C=O) groups is 1. The number of aromatic nitrogens is 2. The van der Waals surface area contributed by atoms with Gasteiger partial charge >= 0.3 is 0 Å². The zero-order chi connectivity index (χ0) is 26.0. The summed E-state index contributed by atoms with van der Waals surface area (Å²) in [5, 5.41) is 3.26. The Morgan fingerprint density at radius 3 is 2.24 bits per heavy atom. The fourth-order valence-electron chi connectivity index (χ4n) is 4.21. The van der Waals surface area contributed by atoms with Crippen LogP contribution in [0.25, 0.3) is 22.3 Å². The number of benzene rings is 2. The molecule has 1 fully saturated rings. The van der Waals surface area contributed by atoms with E-state index in [-0.39, 0.29) is 5.91 Å². The van der Waals surface area contributed by atoms with E-state index in [2.05, 4.69) is 40.4 Å². The van der Waals surface area contributed by atoms with E-state index in [1.807, 2.05) is 79.1 Å². The molecule has 190 valence electrons. The molecule has 1 N–H and O–H groups in total. The Hall–Kier alpha value is -4.03. The first-order valence-corrected chi connectivity index (χ1v) is 12.7. The van der Waals surface area contributed by atoms with E-state index < -0.39 is 0 Å². The van der Waals surface area contributed by atoms with Crippen molar-refractivity contribution in [3.05, 3.63) is 102 Å². The molecule has 6 heteroatoms. The number of rotatable bonds is 5. The summed E-state index contributed by atoms with van der Waals surface area (Å²) in [6.07, 6.45) is 8.45. The number of amides is 1. The van der Waals surface area contributed by atoms with Crippen LogP contribution >= 0.6 is 0 Å². The second-order valence-corrected chi connectivity index (χ2v) is 9.04. The summed E-state index contributed by atoms with van der Waals surface area (Å²) in [4.78, 5) is 22.8. The van der Waals surface area contributed by atoms with E-state index in [1.54, 1.807) is 7.11 Å². The van der Waals surface area contributed by atoms with Crippen LogP contribution in [-0.4, -0.2) is 54.1 Å². The smallest absolute Gasteiger partial charge is 0.253 e. The zero-order valence-corrected chi connectivity index (χ0v) is 21.8. The molecule has 0 unspecified atom stereocenters. The van der Waals surface area contributed by atoms with Crippen LogP contribution in [0.15, 0.2) is 85.5 Å². The topological polar surface area (TPSA) is 67.4 Å². The first-order chi connectivity index (χ1) is 18.1. The average molecular weight is 495 g/mol. The van der Waals surface area contributed by atoms with Gasteiger partial charge in [-0.05, 0) is 72.0 Å². The highest BCUT2D eigenvalue weighted by Gasteiger charge is 2.17. The summed E-state index contributed by atoms with van der Waals surface area (Å²) in [6.45, 7) is 7.47. The molecule has 0 bridgehead atoms. The molecule has 1 aliphatic heterocycles. The molecule has 1 saturated heterocycles. The van der Waals surface area contributed by atoms with Crippen LogP contribution in [0.5, 0.6) is 5.75 Å². The first kappa shape index (κ1) is 26.0. The van der Waals surface area contributed by atoms with Gasteiger partial charge in [-0.3, -0.25) is 14.8 Å². The van der Waals surface area contributed by atoms with Crippen LogP contribution in [0.1, 0.15) is 28.4 Å². The minimum Gasteiger partial charge on any atom is -0.497 e. The molecule has 0 aliphatic carbocycles. The van der Waals surface area contributed by atoms with Crippen LogP contribution < -0.4 is 10.1 Å². The molecular weight excluding hydrogens is 460 g/mol. The van der Waals surface area contributed by atoms with Crippen LogP contribution in [0.4, 0.5) is 0 Å². The van der Waals surface area contributed by atoms with Gasteiger partial charge in [-0.2, -0.15) is 0 Å². The number of methoxy groups -OCH3 is 1. The second-order valence-electron chi connectivity index (χ2n) is 9.04. The normalized spacial score (nSPS) is 12.9. The molecule has 0 radical (unpaired) electrons. The molecule has 3 heterocycles. The Kier molecular flexibility index (Phi) is 9.00. The van der Waals surface area contributed by atoms with Gasteiger partial charge in [0, 0.05) is 67.7 Å². The van der Waals surface area contributed by atoms with Crippen molar-refractivity contribution in [2.45, 2.75) is 20.3 Å². The Balaban J connectivity index is 0.000000186. The molecule has 0 spiro atoms. The molecule has 2 aromatic heterocycles. The van der Waals surface area contributed by atoms with Crippen LogP contribution in [0, 0.1) is 6.92 Å². The molecule has 37 heavy (non-hydrogen) atoms. The minimum atomic E-state index is 0.119. The number of carbonyl (C=O) groups excluding carboxylic acids is 1. The van der Waals surface area contributed by atoms with Crippen LogP contribution in [0.3, 0.4) is 0 Å². The molecule has 6 nitrogen and oxygen atoms in total. The second kappa shape index (κ2) is 12.8. The maximum Gasteiger partial charge on any atom is 0.253 e. The summed E-state index contributed by atoms with van der Waals surface area (Å²) >= 11 is 0. The molecule has 0 atom stereocenters. The van der Waals surface area contributed by atoms with Crippen LogP contribution in [-0.2, 0) is 6.42 Å². The van der Waals surface area contributed by atoms with Gasteiger partial charge in [0.25, 0.3) is 5.91 Å². The van der Waals surface area contributed by atoms with Gasteiger partial charge in [0.15, 0.2) is 0 Å². The lowest BCUT2D eigenvalue weighted by molar-refractivity contribution is 0.0736. The number of hydrogen-bond acceptors (Lipinski definition) is 5. The number of hydrogen-bond donors (Lipinski definition) is 1. The fraction of sp³-hybridized carbons (Fsp3) is 0.258. The Labute approximate surface area is 219 Å². The molecule has 2 aromatic carbocycles. The standard InChI is InChI=1S/C18H21N3O.C13H13NO/c1-2-14-11-17(13-20-12-14)15-3-5-16(6-4-15)18(22)21-9-7-19-8-10-21;1-10-6-12(9-14-8-10)11-4-3-5-13(7-11)15-2/h3-6,11-13,19H,2,7-10H2,1H3;3-9H,1-2H3. The summed E-state index contributed by atoms with van der Waals surface area (Å²) < 4.78 is 5.19. The van der Waals surface area contributed by atoms with E-state index in [9.17, 15) is 4.79 Å². The quantitative estimate of drug-likeness (QED) is 0.401. The summed E-state index contributed by atoms with van der Waals surface area (Å²) in [6, 6.07) is 20.1. The maximum absolute atomic E-state index is 12.4. The molecule has 4 aromatic rings. The Morgan fingerprint density at radius 2 is 1.57 bits per heavy atom. The monoisotopic (exact) mass is 494 g/mol. The van der Waals surface area contributed by atoms with E-state index in [0.29, 0.717) is 0 Å². The van der Waals surface area contributed by atoms with E-state index >= 15 is 0 Å². The van der Waals surface area contributed by atoms with Gasteiger partial charge in [0.2, 0.25) is 0 Å². The van der Waals surface area contributed by atoms with E-state index in [1.165, 1.54) is 5.56 Å². The fourth-order valence-corrected chi connectivity index (χ4v) is 4.21. The molecule has 5 rings (SSSR count). The number of nitrogens with zero attached hydrogens (tertiary/aromatic N) is 3. The molecular formula is C31H34N4O2. The van der Waals surface area contributed by atoms with E-state index in [4.69, 9.17) is 4.74 Å². The summed E-state index contributed by atoms with van der Waals surface area (Å²) in [7, 11) is 1.67. The van der Waals surface area contributed by atoms with Gasteiger partial charge < -0.3 is 15.0 Å².